The minimum Gasteiger partial charge on any atom is -0.478 e. The summed E-state index contributed by atoms with van der Waals surface area (Å²) in [6.07, 6.45) is 0. The molecule has 0 aliphatic carbocycles. The molecule has 0 heterocycles. The molecule has 9 heteroatoms. The van der Waals surface area contributed by atoms with Gasteiger partial charge in [0.05, 0.1) is 13.2 Å². The van der Waals surface area contributed by atoms with Crippen LogP contribution in [0.15, 0.2) is 12.2 Å². The van der Waals surface area contributed by atoms with E-state index in [1.54, 1.807) is 13.8 Å². The first-order chi connectivity index (χ1) is 7.76. The molecule has 2 N–H and O–H groups in total. The Morgan fingerprint density at radius 3 is 1.71 bits per heavy atom. The minimum atomic E-state index is -4.17. The van der Waals surface area contributed by atoms with E-state index in [4.69, 9.17) is 10.00 Å². The third-order valence-electron chi connectivity index (χ3n) is 0.895. The number of rotatable bonds is 7. The Balaban J connectivity index is 0. The molecule has 8 nitrogen and oxygen atoms in total. The summed E-state index contributed by atoms with van der Waals surface area (Å²) in [6.45, 7) is 8.10. The van der Waals surface area contributed by atoms with Gasteiger partial charge in [0, 0.05) is 5.57 Å². The predicted octanol–water partition coefficient (Wildman–Crippen LogP) is 1.67. The quantitative estimate of drug-likeness (QED) is 0.311. The Morgan fingerprint density at radius 1 is 1.24 bits per heavy atom. The van der Waals surface area contributed by atoms with Crippen molar-refractivity contribution < 1.29 is 38.5 Å². The summed E-state index contributed by atoms with van der Waals surface area (Å²) in [6, 6.07) is 0. The van der Waals surface area contributed by atoms with Gasteiger partial charge in [-0.25, -0.2) is 19.1 Å². The number of aliphatic carboxylic acids is 1. The summed E-state index contributed by atoms with van der Waals surface area (Å²) < 4.78 is 18.5. The lowest BCUT2D eigenvalue weighted by Gasteiger charge is -2.07. The number of carbonyl (C=O) groups is 1. The van der Waals surface area contributed by atoms with Gasteiger partial charge in [0.1, 0.15) is 0 Å². The van der Waals surface area contributed by atoms with Crippen LogP contribution in [0.1, 0.15) is 20.8 Å². The lowest BCUT2D eigenvalue weighted by Crippen LogP contribution is -1.97. The van der Waals surface area contributed by atoms with Crippen LogP contribution < -0.4 is 0 Å². The molecular formula is C8H17O8P. The number of carboxylic acids is 1. The summed E-state index contributed by atoms with van der Waals surface area (Å²) in [5.41, 5.74) is 0.176. The Bertz CT molecular complexity index is 253. The van der Waals surface area contributed by atoms with Gasteiger partial charge in [0.2, 0.25) is 0 Å². The highest BCUT2D eigenvalue weighted by molar-refractivity contribution is 7.47. The number of hydrogen-bond acceptors (Lipinski definition) is 6. The van der Waals surface area contributed by atoms with Crippen molar-refractivity contribution in [1.29, 1.82) is 0 Å². The van der Waals surface area contributed by atoms with Crippen molar-refractivity contribution in [3.8, 4) is 0 Å². The van der Waals surface area contributed by atoms with Gasteiger partial charge in [-0.2, -0.15) is 0 Å². The summed E-state index contributed by atoms with van der Waals surface area (Å²) in [5.74, 6) is -0.935. The molecule has 0 unspecified atom stereocenters. The Hall–Kier alpha value is -0.760. The zero-order valence-electron chi connectivity index (χ0n) is 9.91. The Kier molecular flexibility index (Phi) is 11.4. The number of hydrogen-bond donors (Lipinski definition) is 2. The largest absolute Gasteiger partial charge is 0.526 e. The monoisotopic (exact) mass is 272 g/mol. The molecule has 0 amide bonds. The van der Waals surface area contributed by atoms with Gasteiger partial charge in [0.15, 0.2) is 0 Å². The van der Waals surface area contributed by atoms with E-state index in [1.807, 2.05) is 0 Å². The van der Waals surface area contributed by atoms with Crippen molar-refractivity contribution in [2.45, 2.75) is 20.8 Å². The van der Waals surface area contributed by atoms with E-state index in [9.17, 15) is 9.36 Å². The summed E-state index contributed by atoms with van der Waals surface area (Å²) >= 11 is 0. The smallest absolute Gasteiger partial charge is 0.478 e. The van der Waals surface area contributed by atoms with Crippen LogP contribution in [0.25, 0.3) is 0 Å². The van der Waals surface area contributed by atoms with Gasteiger partial charge < -0.3 is 5.11 Å². The highest BCUT2D eigenvalue weighted by Gasteiger charge is 2.23. The molecule has 0 saturated carbocycles. The molecule has 102 valence electrons. The highest BCUT2D eigenvalue weighted by atomic mass is 31.2. The SMILES string of the molecule is C=C(C)C(=O)O.CCOOP(=O)(O)OOCC. The van der Waals surface area contributed by atoms with E-state index in [0.29, 0.717) is 0 Å². The third-order valence-corrected chi connectivity index (χ3v) is 1.48. The van der Waals surface area contributed by atoms with Crippen molar-refractivity contribution in [3.63, 3.8) is 0 Å². The lowest BCUT2D eigenvalue weighted by molar-refractivity contribution is -0.275. The van der Waals surface area contributed by atoms with E-state index in [1.165, 1.54) is 6.92 Å². The van der Waals surface area contributed by atoms with Crippen molar-refractivity contribution >= 4 is 13.8 Å². The highest BCUT2D eigenvalue weighted by Crippen LogP contribution is 2.43. The van der Waals surface area contributed by atoms with Gasteiger partial charge in [0.25, 0.3) is 0 Å². The molecule has 0 aromatic heterocycles. The zero-order chi connectivity index (χ0) is 13.9. The topological polar surface area (TPSA) is 112 Å². The summed E-state index contributed by atoms with van der Waals surface area (Å²) in [4.78, 5) is 26.6. The first-order valence-corrected chi connectivity index (χ1v) is 6.10. The number of carboxylic acid groups (broad SMARTS) is 1. The molecule has 0 bridgehead atoms. The molecule has 0 radical (unpaired) electrons. The molecule has 0 fully saturated rings. The fraction of sp³-hybridized carbons (Fsp3) is 0.625. The minimum absolute atomic E-state index is 0.153. The zero-order valence-corrected chi connectivity index (χ0v) is 10.8. The van der Waals surface area contributed by atoms with E-state index in [-0.39, 0.29) is 18.8 Å². The fourth-order valence-corrected chi connectivity index (χ4v) is 0.753. The van der Waals surface area contributed by atoms with E-state index < -0.39 is 13.8 Å². The van der Waals surface area contributed by atoms with Crippen LogP contribution in [0.3, 0.4) is 0 Å². The van der Waals surface area contributed by atoms with Gasteiger partial charge in [-0.15, -0.1) is 9.35 Å². The van der Waals surface area contributed by atoms with Crippen molar-refractivity contribution in [1.82, 2.24) is 0 Å². The van der Waals surface area contributed by atoms with Crippen LogP contribution in [-0.2, 0) is 28.5 Å². The summed E-state index contributed by atoms with van der Waals surface area (Å²) in [7, 11) is -4.17. The first kappa shape index (κ1) is 18.6. The third kappa shape index (κ3) is 15.2. The molecule has 0 rings (SSSR count). The summed E-state index contributed by atoms with van der Waals surface area (Å²) in [5, 5.41) is 7.89. The van der Waals surface area contributed by atoms with Crippen LogP contribution in [0.4, 0.5) is 0 Å². The van der Waals surface area contributed by atoms with E-state index in [0.717, 1.165) is 0 Å². The van der Waals surface area contributed by atoms with Gasteiger partial charge in [-0.3, -0.25) is 4.89 Å². The van der Waals surface area contributed by atoms with Crippen molar-refractivity contribution in [2.75, 3.05) is 13.2 Å². The van der Waals surface area contributed by atoms with E-state index >= 15 is 0 Å². The second-order valence-electron chi connectivity index (χ2n) is 2.52. The maximum Gasteiger partial charge on any atom is 0.526 e. The van der Waals surface area contributed by atoms with Crippen LogP contribution in [-0.4, -0.2) is 29.2 Å². The Morgan fingerprint density at radius 2 is 1.53 bits per heavy atom. The molecule has 17 heavy (non-hydrogen) atoms. The first-order valence-electron chi connectivity index (χ1n) is 4.60. The average molecular weight is 272 g/mol. The molecule has 0 aliphatic rings. The average Bonchev–Trinajstić information content (AvgIpc) is 2.24. The normalized spacial score (nSPS) is 10.4. The standard InChI is InChI=1S/C4H11O6P.C4H6O2/c1-3-7-9-11(5,6)10-8-4-2;1-3(2)4(5)6/h3-4H2,1-2H3,(H,5,6);1H2,2H3,(H,5,6). The molecule has 0 spiro atoms. The van der Waals surface area contributed by atoms with Gasteiger partial charge in [-0.1, -0.05) is 6.58 Å². The van der Waals surface area contributed by atoms with Crippen LogP contribution in [0, 0.1) is 0 Å². The van der Waals surface area contributed by atoms with Gasteiger partial charge >= 0.3 is 13.8 Å². The Labute approximate surface area is 99.2 Å². The van der Waals surface area contributed by atoms with Crippen LogP contribution in [0.5, 0.6) is 0 Å². The molecule has 0 aromatic carbocycles. The molecular weight excluding hydrogens is 255 g/mol. The molecule has 0 aliphatic heterocycles. The van der Waals surface area contributed by atoms with Crippen LogP contribution >= 0.6 is 7.82 Å². The molecule has 0 aromatic rings. The second-order valence-corrected chi connectivity index (χ2v) is 3.75. The lowest BCUT2D eigenvalue weighted by atomic mass is 10.4. The fourth-order valence-electron chi connectivity index (χ4n) is 0.251. The maximum atomic E-state index is 10.6. The maximum absolute atomic E-state index is 10.6. The number of phosphoric acid groups is 1. The second kappa shape index (κ2) is 10.4. The van der Waals surface area contributed by atoms with Crippen molar-refractivity contribution in [2.24, 2.45) is 0 Å². The molecule has 0 saturated heterocycles. The van der Waals surface area contributed by atoms with Gasteiger partial charge in [-0.05, 0) is 20.8 Å². The van der Waals surface area contributed by atoms with Crippen molar-refractivity contribution in [3.05, 3.63) is 12.2 Å². The van der Waals surface area contributed by atoms with Crippen LogP contribution in [0.2, 0.25) is 0 Å². The molecule has 0 atom stereocenters. The predicted molar refractivity (Wildman–Crippen MR) is 57.7 cm³/mol. The van der Waals surface area contributed by atoms with E-state index in [2.05, 4.69) is 25.7 Å².